The number of nitrogens with two attached hydrogens (primary N) is 1. The van der Waals surface area contributed by atoms with E-state index in [1.165, 1.54) is 0 Å². The summed E-state index contributed by atoms with van der Waals surface area (Å²) in [7, 11) is 3.69. The van der Waals surface area contributed by atoms with Gasteiger partial charge in [-0.2, -0.15) is 5.10 Å². The summed E-state index contributed by atoms with van der Waals surface area (Å²) in [5, 5.41) is 12.1. The monoisotopic (exact) mass is 284 g/mol. The summed E-state index contributed by atoms with van der Waals surface area (Å²) in [6, 6.07) is -0.275. The molecule has 2 heterocycles. The average molecular weight is 285 g/mol. The molecule has 0 aliphatic rings. The summed E-state index contributed by atoms with van der Waals surface area (Å²) in [4.78, 5) is 0. The lowest BCUT2D eigenvalue weighted by Gasteiger charge is -2.10. The number of nitrogens with zero attached hydrogens (tertiary/aromatic N) is 5. The Hall–Kier alpha value is -1.21. The van der Waals surface area contributed by atoms with Crippen LogP contribution < -0.4 is 5.73 Å². The van der Waals surface area contributed by atoms with E-state index in [4.69, 9.17) is 5.73 Å². The predicted molar refractivity (Wildman–Crippen MR) is 62.7 cm³/mol. The second-order valence-electron chi connectivity index (χ2n) is 3.71. The first-order valence-electron chi connectivity index (χ1n) is 4.81. The zero-order valence-electron chi connectivity index (χ0n) is 9.35. The summed E-state index contributed by atoms with van der Waals surface area (Å²) in [6.07, 6.45) is 1.92. The van der Waals surface area contributed by atoms with Crippen LogP contribution in [0.1, 0.15) is 23.0 Å². The number of hydrogen-bond donors (Lipinski definition) is 1. The van der Waals surface area contributed by atoms with Gasteiger partial charge >= 0.3 is 0 Å². The minimum Gasteiger partial charge on any atom is -0.319 e. The van der Waals surface area contributed by atoms with E-state index in [1.807, 2.05) is 27.2 Å². The maximum atomic E-state index is 6.19. The molecule has 0 aromatic carbocycles. The number of rotatable bonds is 2. The van der Waals surface area contributed by atoms with Crippen LogP contribution in [0.15, 0.2) is 10.8 Å². The quantitative estimate of drug-likeness (QED) is 0.880. The van der Waals surface area contributed by atoms with Gasteiger partial charge in [-0.1, -0.05) is 5.21 Å². The summed E-state index contributed by atoms with van der Waals surface area (Å²) in [6.45, 7) is 1.94. The number of hydrogen-bond acceptors (Lipinski definition) is 4. The Balaban J connectivity index is 2.46. The molecule has 2 aromatic heterocycles. The highest BCUT2D eigenvalue weighted by molar-refractivity contribution is 9.10. The fourth-order valence-corrected chi connectivity index (χ4v) is 2.31. The molecule has 0 radical (unpaired) electrons. The molecule has 0 saturated carbocycles. The predicted octanol–water partition coefficient (Wildman–Crippen LogP) is 0.668. The van der Waals surface area contributed by atoms with Gasteiger partial charge in [0.15, 0.2) is 4.60 Å². The molecule has 1 atom stereocenters. The molecule has 0 bridgehead atoms. The Morgan fingerprint density at radius 3 is 2.56 bits per heavy atom. The zero-order chi connectivity index (χ0) is 11.9. The van der Waals surface area contributed by atoms with E-state index in [0.717, 1.165) is 17.0 Å². The standard InChI is InChI=1S/C9H13BrN6/c1-5-6(4-15(2)13-5)7(11)8-9(10)12-14-16(8)3/h4,7H,11H2,1-3H3. The second-order valence-corrected chi connectivity index (χ2v) is 4.46. The van der Waals surface area contributed by atoms with Gasteiger partial charge < -0.3 is 5.73 Å². The summed E-state index contributed by atoms with van der Waals surface area (Å²) < 4.78 is 4.09. The van der Waals surface area contributed by atoms with E-state index in [2.05, 4.69) is 31.3 Å². The van der Waals surface area contributed by atoms with Crippen molar-refractivity contribution < 1.29 is 0 Å². The van der Waals surface area contributed by atoms with Crippen LogP contribution in [0.25, 0.3) is 0 Å². The van der Waals surface area contributed by atoms with Gasteiger partial charge in [0.1, 0.15) is 0 Å². The van der Waals surface area contributed by atoms with Crippen LogP contribution in [0, 0.1) is 6.92 Å². The molecule has 0 aliphatic heterocycles. The van der Waals surface area contributed by atoms with Gasteiger partial charge in [0.2, 0.25) is 0 Å². The molecule has 1 unspecified atom stereocenters. The van der Waals surface area contributed by atoms with Crippen molar-refractivity contribution in [2.45, 2.75) is 13.0 Å². The molecule has 0 saturated heterocycles. The summed E-state index contributed by atoms with van der Waals surface area (Å²) in [5.74, 6) is 0. The van der Waals surface area contributed by atoms with E-state index in [-0.39, 0.29) is 6.04 Å². The van der Waals surface area contributed by atoms with E-state index in [0.29, 0.717) is 4.60 Å². The molecule has 0 aliphatic carbocycles. The average Bonchev–Trinajstić information content (AvgIpc) is 2.70. The third kappa shape index (κ3) is 1.76. The van der Waals surface area contributed by atoms with Crippen LogP contribution in [-0.4, -0.2) is 24.8 Å². The van der Waals surface area contributed by atoms with Gasteiger partial charge in [0.25, 0.3) is 0 Å². The fraction of sp³-hybridized carbons (Fsp3) is 0.444. The minimum atomic E-state index is -0.275. The van der Waals surface area contributed by atoms with Crippen molar-refractivity contribution in [3.63, 3.8) is 0 Å². The Morgan fingerprint density at radius 2 is 2.12 bits per heavy atom. The fourth-order valence-electron chi connectivity index (χ4n) is 1.74. The Labute approximate surface area is 102 Å². The van der Waals surface area contributed by atoms with Crippen LogP contribution in [0.3, 0.4) is 0 Å². The molecule has 0 amide bonds. The van der Waals surface area contributed by atoms with Crippen molar-refractivity contribution in [1.29, 1.82) is 0 Å². The van der Waals surface area contributed by atoms with E-state index in [1.54, 1.807) is 9.36 Å². The Morgan fingerprint density at radius 1 is 1.44 bits per heavy atom. The highest BCUT2D eigenvalue weighted by atomic mass is 79.9. The van der Waals surface area contributed by atoms with Gasteiger partial charge in [0.05, 0.1) is 17.4 Å². The highest BCUT2D eigenvalue weighted by Gasteiger charge is 2.21. The molecular formula is C9H13BrN6. The van der Waals surface area contributed by atoms with Crippen molar-refractivity contribution in [3.8, 4) is 0 Å². The summed E-state index contributed by atoms with van der Waals surface area (Å²) in [5.41, 5.74) is 8.94. The zero-order valence-corrected chi connectivity index (χ0v) is 10.9. The van der Waals surface area contributed by atoms with Crippen LogP contribution in [0.2, 0.25) is 0 Å². The maximum absolute atomic E-state index is 6.19. The number of aryl methyl sites for hydroxylation is 3. The number of aromatic nitrogens is 5. The van der Waals surface area contributed by atoms with Crippen molar-refractivity contribution in [2.75, 3.05) is 0 Å². The minimum absolute atomic E-state index is 0.275. The van der Waals surface area contributed by atoms with Gasteiger partial charge in [-0.25, -0.2) is 4.68 Å². The largest absolute Gasteiger partial charge is 0.319 e. The Bertz CT molecular complexity index is 495. The van der Waals surface area contributed by atoms with Gasteiger partial charge in [-0.3, -0.25) is 4.68 Å². The molecule has 2 N–H and O–H groups in total. The van der Waals surface area contributed by atoms with Crippen molar-refractivity contribution in [3.05, 3.63) is 27.8 Å². The van der Waals surface area contributed by atoms with Crippen LogP contribution >= 0.6 is 15.9 Å². The van der Waals surface area contributed by atoms with Crippen molar-refractivity contribution in [1.82, 2.24) is 24.8 Å². The molecule has 7 heteroatoms. The number of halogens is 1. The molecular weight excluding hydrogens is 272 g/mol. The first kappa shape index (κ1) is 11.3. The van der Waals surface area contributed by atoms with E-state index in [9.17, 15) is 0 Å². The van der Waals surface area contributed by atoms with Crippen LogP contribution in [-0.2, 0) is 14.1 Å². The lowest BCUT2D eigenvalue weighted by Crippen LogP contribution is -2.16. The SMILES string of the molecule is Cc1nn(C)cc1C(N)c1c(Br)nnn1C. The highest BCUT2D eigenvalue weighted by Crippen LogP contribution is 2.25. The van der Waals surface area contributed by atoms with Gasteiger partial charge in [0, 0.05) is 25.9 Å². The molecule has 2 aromatic rings. The topological polar surface area (TPSA) is 74.6 Å². The van der Waals surface area contributed by atoms with Gasteiger partial charge in [-0.05, 0) is 22.9 Å². The molecule has 86 valence electrons. The van der Waals surface area contributed by atoms with Crippen molar-refractivity contribution in [2.24, 2.45) is 19.8 Å². The van der Waals surface area contributed by atoms with E-state index >= 15 is 0 Å². The van der Waals surface area contributed by atoms with Crippen LogP contribution in [0.5, 0.6) is 0 Å². The molecule has 6 nitrogen and oxygen atoms in total. The third-order valence-electron chi connectivity index (χ3n) is 2.51. The second kappa shape index (κ2) is 3.99. The van der Waals surface area contributed by atoms with Crippen LogP contribution in [0.4, 0.5) is 0 Å². The molecule has 0 spiro atoms. The Kier molecular flexibility index (Phi) is 2.81. The first-order chi connectivity index (χ1) is 7.50. The first-order valence-corrected chi connectivity index (χ1v) is 5.60. The maximum Gasteiger partial charge on any atom is 0.153 e. The van der Waals surface area contributed by atoms with Gasteiger partial charge in [-0.15, -0.1) is 5.10 Å². The summed E-state index contributed by atoms with van der Waals surface area (Å²) >= 11 is 3.34. The smallest absolute Gasteiger partial charge is 0.153 e. The van der Waals surface area contributed by atoms with E-state index < -0.39 is 0 Å². The lowest BCUT2D eigenvalue weighted by atomic mass is 10.1. The normalized spacial score (nSPS) is 13.1. The van der Waals surface area contributed by atoms with Crippen molar-refractivity contribution >= 4 is 15.9 Å². The third-order valence-corrected chi connectivity index (χ3v) is 3.07. The molecule has 2 rings (SSSR count). The molecule has 0 fully saturated rings. The lowest BCUT2D eigenvalue weighted by molar-refractivity contribution is 0.649. The molecule has 16 heavy (non-hydrogen) atoms.